The summed E-state index contributed by atoms with van der Waals surface area (Å²) in [6, 6.07) is 5.38. The standard InChI is InChI=1S/C14H14N4OS2/c1-8-3-4-18-11(5-8)17-10(6-12(18)19)7-20-13-9(2)16-14(15)21-13/h3-6H,7H2,1-2H3,(H2,15,16). The molecule has 3 aromatic heterocycles. The maximum Gasteiger partial charge on any atom is 0.258 e. The number of thiazole rings is 1. The van der Waals surface area contributed by atoms with Gasteiger partial charge in [-0.15, -0.1) is 11.8 Å². The number of thioether (sulfide) groups is 1. The molecule has 0 aliphatic heterocycles. The van der Waals surface area contributed by atoms with E-state index in [9.17, 15) is 4.79 Å². The first kappa shape index (κ1) is 14.1. The van der Waals surface area contributed by atoms with Crippen LogP contribution in [0.5, 0.6) is 0 Å². The van der Waals surface area contributed by atoms with Gasteiger partial charge in [-0.25, -0.2) is 9.97 Å². The molecular weight excluding hydrogens is 304 g/mol. The van der Waals surface area contributed by atoms with Crippen LogP contribution in [-0.4, -0.2) is 14.4 Å². The zero-order valence-corrected chi connectivity index (χ0v) is 13.3. The molecule has 5 nitrogen and oxygen atoms in total. The van der Waals surface area contributed by atoms with Crippen molar-refractivity contribution in [3.05, 3.63) is 51.7 Å². The normalized spacial score (nSPS) is 11.1. The Kier molecular flexibility index (Phi) is 3.69. The predicted molar refractivity (Wildman–Crippen MR) is 87.0 cm³/mol. The smallest absolute Gasteiger partial charge is 0.258 e. The fraction of sp³-hybridized carbons (Fsp3) is 0.214. The molecule has 0 spiro atoms. The molecule has 3 heterocycles. The summed E-state index contributed by atoms with van der Waals surface area (Å²) < 4.78 is 2.62. The van der Waals surface area contributed by atoms with Crippen molar-refractivity contribution in [2.75, 3.05) is 5.73 Å². The van der Waals surface area contributed by atoms with Gasteiger partial charge in [0, 0.05) is 18.0 Å². The van der Waals surface area contributed by atoms with Crippen molar-refractivity contribution in [1.82, 2.24) is 14.4 Å². The molecule has 0 unspecified atom stereocenters. The number of nitrogen functional groups attached to an aromatic ring is 1. The Balaban J connectivity index is 1.90. The highest BCUT2D eigenvalue weighted by Gasteiger charge is 2.08. The zero-order chi connectivity index (χ0) is 15.0. The number of hydrogen-bond donors (Lipinski definition) is 1. The van der Waals surface area contributed by atoms with Crippen molar-refractivity contribution in [3.63, 3.8) is 0 Å². The quantitative estimate of drug-likeness (QED) is 0.752. The summed E-state index contributed by atoms with van der Waals surface area (Å²) in [5.74, 6) is 0.627. The molecule has 0 aliphatic rings. The molecule has 7 heteroatoms. The minimum Gasteiger partial charge on any atom is -0.375 e. The lowest BCUT2D eigenvalue weighted by Gasteiger charge is -2.04. The van der Waals surface area contributed by atoms with Crippen LogP contribution in [-0.2, 0) is 5.75 Å². The second kappa shape index (κ2) is 5.50. The lowest BCUT2D eigenvalue weighted by atomic mass is 10.3. The summed E-state index contributed by atoms with van der Waals surface area (Å²) in [5, 5.41) is 0.567. The minimum atomic E-state index is -0.0591. The second-order valence-electron chi connectivity index (χ2n) is 4.73. The summed E-state index contributed by atoms with van der Waals surface area (Å²) >= 11 is 3.07. The van der Waals surface area contributed by atoms with E-state index in [1.165, 1.54) is 11.3 Å². The van der Waals surface area contributed by atoms with Gasteiger partial charge in [0.15, 0.2) is 5.13 Å². The van der Waals surface area contributed by atoms with Crippen LogP contribution < -0.4 is 11.3 Å². The molecule has 0 atom stereocenters. The summed E-state index contributed by atoms with van der Waals surface area (Å²) in [6.07, 6.45) is 1.75. The molecule has 0 aromatic carbocycles. The number of aryl methyl sites for hydroxylation is 2. The highest BCUT2D eigenvalue weighted by atomic mass is 32.2. The van der Waals surface area contributed by atoms with Gasteiger partial charge in [0.2, 0.25) is 0 Å². The molecule has 2 N–H and O–H groups in total. The monoisotopic (exact) mass is 318 g/mol. The van der Waals surface area contributed by atoms with Crippen molar-refractivity contribution in [3.8, 4) is 0 Å². The summed E-state index contributed by atoms with van der Waals surface area (Å²) in [4.78, 5) is 20.8. The Morgan fingerprint density at radius 1 is 1.33 bits per heavy atom. The molecule has 108 valence electrons. The van der Waals surface area contributed by atoms with Gasteiger partial charge in [-0.05, 0) is 31.5 Å². The average Bonchev–Trinajstić information content (AvgIpc) is 2.74. The first-order valence-electron chi connectivity index (χ1n) is 6.37. The Hall–Kier alpha value is -1.86. The molecule has 3 aromatic rings. The van der Waals surface area contributed by atoms with Crippen molar-refractivity contribution < 1.29 is 0 Å². The first-order valence-corrected chi connectivity index (χ1v) is 8.18. The number of nitrogens with two attached hydrogens (primary N) is 1. The van der Waals surface area contributed by atoms with E-state index in [1.54, 1.807) is 28.4 Å². The minimum absolute atomic E-state index is 0.0591. The number of pyridine rings is 1. The molecule has 0 bridgehead atoms. The van der Waals surface area contributed by atoms with Gasteiger partial charge in [0.25, 0.3) is 5.56 Å². The average molecular weight is 318 g/mol. The van der Waals surface area contributed by atoms with E-state index >= 15 is 0 Å². The highest BCUT2D eigenvalue weighted by Crippen LogP contribution is 2.32. The van der Waals surface area contributed by atoms with E-state index in [0.29, 0.717) is 16.5 Å². The van der Waals surface area contributed by atoms with Crippen molar-refractivity contribution in [1.29, 1.82) is 0 Å². The van der Waals surface area contributed by atoms with Crippen molar-refractivity contribution in [2.24, 2.45) is 0 Å². The topological polar surface area (TPSA) is 73.3 Å². The Morgan fingerprint density at radius 3 is 2.86 bits per heavy atom. The van der Waals surface area contributed by atoms with E-state index in [-0.39, 0.29) is 5.56 Å². The third-order valence-corrected chi connectivity index (χ3v) is 5.38. The van der Waals surface area contributed by atoms with Crippen LogP contribution in [0.4, 0.5) is 5.13 Å². The van der Waals surface area contributed by atoms with Gasteiger partial charge < -0.3 is 5.73 Å². The van der Waals surface area contributed by atoms with Gasteiger partial charge in [-0.1, -0.05) is 11.3 Å². The molecule has 0 amide bonds. The fourth-order valence-electron chi connectivity index (χ4n) is 2.00. The third-order valence-electron chi connectivity index (χ3n) is 3.00. The van der Waals surface area contributed by atoms with Crippen molar-refractivity contribution >= 4 is 33.9 Å². The first-order chi connectivity index (χ1) is 10.0. The van der Waals surface area contributed by atoms with Crippen LogP contribution in [0.2, 0.25) is 0 Å². The Morgan fingerprint density at radius 2 is 2.14 bits per heavy atom. The Bertz CT molecular complexity index is 869. The lowest BCUT2D eigenvalue weighted by molar-refractivity contribution is 1.01. The van der Waals surface area contributed by atoms with Gasteiger partial charge >= 0.3 is 0 Å². The maximum atomic E-state index is 12.1. The Labute approximate surface area is 129 Å². The van der Waals surface area contributed by atoms with E-state index in [4.69, 9.17) is 5.73 Å². The fourth-order valence-corrected chi connectivity index (χ4v) is 3.92. The van der Waals surface area contributed by atoms with Gasteiger partial charge in [0.05, 0.1) is 15.6 Å². The third kappa shape index (κ3) is 2.93. The molecule has 21 heavy (non-hydrogen) atoms. The number of aromatic nitrogens is 3. The number of hydrogen-bond acceptors (Lipinski definition) is 6. The molecule has 0 saturated carbocycles. The van der Waals surface area contributed by atoms with E-state index in [2.05, 4.69) is 9.97 Å². The van der Waals surface area contributed by atoms with Crippen LogP contribution >= 0.6 is 23.1 Å². The summed E-state index contributed by atoms with van der Waals surface area (Å²) in [5.41, 5.74) is 9.08. The number of anilines is 1. The van der Waals surface area contributed by atoms with Crippen molar-refractivity contribution in [2.45, 2.75) is 23.8 Å². The van der Waals surface area contributed by atoms with Gasteiger partial charge in [-0.2, -0.15) is 0 Å². The second-order valence-corrected chi connectivity index (χ2v) is 7.01. The van der Waals surface area contributed by atoms with Crippen LogP contribution in [0.15, 0.2) is 33.4 Å². The molecule has 0 fully saturated rings. The summed E-state index contributed by atoms with van der Waals surface area (Å²) in [7, 11) is 0. The SMILES string of the molecule is Cc1ccn2c(=O)cc(CSc3sc(N)nc3C)nc2c1. The van der Waals surface area contributed by atoms with Gasteiger partial charge in [-0.3, -0.25) is 9.20 Å². The van der Waals surface area contributed by atoms with Gasteiger partial charge in [0.1, 0.15) is 5.65 Å². The largest absolute Gasteiger partial charge is 0.375 e. The predicted octanol–water partition coefficient (Wildman–Crippen LogP) is 2.64. The van der Waals surface area contributed by atoms with E-state index < -0.39 is 0 Å². The van der Waals surface area contributed by atoms with Crippen LogP contribution in [0, 0.1) is 13.8 Å². The molecule has 0 aliphatic carbocycles. The molecule has 0 radical (unpaired) electrons. The summed E-state index contributed by atoms with van der Waals surface area (Å²) in [6.45, 7) is 3.91. The highest BCUT2D eigenvalue weighted by molar-refractivity contribution is 8.00. The molecule has 3 rings (SSSR count). The maximum absolute atomic E-state index is 12.1. The van der Waals surface area contributed by atoms with Crippen LogP contribution in [0.1, 0.15) is 17.0 Å². The molecular formula is C14H14N4OS2. The van der Waals surface area contributed by atoms with Crippen LogP contribution in [0.25, 0.3) is 5.65 Å². The number of nitrogens with zero attached hydrogens (tertiary/aromatic N) is 3. The molecule has 0 saturated heterocycles. The lowest BCUT2D eigenvalue weighted by Crippen LogP contribution is -2.15. The van der Waals surface area contributed by atoms with E-state index in [0.717, 1.165) is 21.2 Å². The van der Waals surface area contributed by atoms with Crippen LogP contribution in [0.3, 0.4) is 0 Å². The number of rotatable bonds is 3. The van der Waals surface area contributed by atoms with E-state index in [1.807, 2.05) is 26.0 Å². The number of fused-ring (bicyclic) bond motifs is 1. The zero-order valence-electron chi connectivity index (χ0n) is 11.7.